The number of hydrogen-bond acceptors (Lipinski definition) is 3. The first-order chi connectivity index (χ1) is 8.15. The van der Waals surface area contributed by atoms with Gasteiger partial charge in [-0.2, -0.15) is 0 Å². The van der Waals surface area contributed by atoms with E-state index >= 15 is 0 Å². The van der Waals surface area contributed by atoms with Gasteiger partial charge in [-0.3, -0.25) is 9.59 Å². The zero-order valence-corrected chi connectivity index (χ0v) is 10.9. The number of alkyl halides is 1. The molecule has 92 valence electrons. The molecule has 0 radical (unpaired) electrons. The van der Waals surface area contributed by atoms with Crippen LogP contribution in [0.1, 0.15) is 6.42 Å². The molecule has 1 heterocycles. The summed E-state index contributed by atoms with van der Waals surface area (Å²) in [7, 11) is 0. The SMILES string of the molecule is C=CCNC(=O)[C@@H]1[C@H]2C[C@H]3[C@H](OC(=O)[C@@H]31)[C@@H]2Br. The van der Waals surface area contributed by atoms with Crippen LogP contribution in [0.2, 0.25) is 0 Å². The highest BCUT2D eigenvalue weighted by Crippen LogP contribution is 2.59. The van der Waals surface area contributed by atoms with Gasteiger partial charge >= 0.3 is 5.97 Å². The van der Waals surface area contributed by atoms with Gasteiger partial charge in [0.1, 0.15) is 6.10 Å². The molecule has 1 saturated heterocycles. The Kier molecular flexibility index (Phi) is 2.54. The van der Waals surface area contributed by atoms with Crippen molar-refractivity contribution in [3.05, 3.63) is 12.7 Å². The van der Waals surface area contributed by atoms with E-state index in [0.29, 0.717) is 6.54 Å². The molecule has 4 nitrogen and oxygen atoms in total. The minimum absolute atomic E-state index is 0.0130. The molecular weight excluding hydrogens is 286 g/mol. The smallest absolute Gasteiger partial charge is 0.310 e. The summed E-state index contributed by atoms with van der Waals surface area (Å²) < 4.78 is 5.35. The van der Waals surface area contributed by atoms with Gasteiger partial charge in [0, 0.05) is 12.5 Å². The van der Waals surface area contributed by atoms with E-state index < -0.39 is 0 Å². The van der Waals surface area contributed by atoms with Crippen molar-refractivity contribution in [3.63, 3.8) is 0 Å². The fraction of sp³-hybridized carbons (Fsp3) is 0.667. The number of hydrogen-bond donors (Lipinski definition) is 1. The fourth-order valence-electron chi connectivity index (χ4n) is 3.62. The van der Waals surface area contributed by atoms with Crippen molar-refractivity contribution >= 4 is 27.8 Å². The van der Waals surface area contributed by atoms with Gasteiger partial charge in [0.25, 0.3) is 0 Å². The summed E-state index contributed by atoms with van der Waals surface area (Å²) in [4.78, 5) is 24.0. The Labute approximate surface area is 108 Å². The predicted octanol–water partition coefficient (Wildman–Crippen LogP) is 0.860. The maximum Gasteiger partial charge on any atom is 0.310 e. The van der Waals surface area contributed by atoms with Crippen molar-refractivity contribution in [1.82, 2.24) is 5.32 Å². The van der Waals surface area contributed by atoms with Gasteiger partial charge in [-0.25, -0.2) is 0 Å². The summed E-state index contributed by atoms with van der Waals surface area (Å²) in [6.45, 7) is 4.02. The van der Waals surface area contributed by atoms with E-state index in [4.69, 9.17) is 4.74 Å². The molecule has 0 aromatic heterocycles. The van der Waals surface area contributed by atoms with Crippen LogP contribution in [0.15, 0.2) is 12.7 Å². The van der Waals surface area contributed by atoms with Crippen LogP contribution in [0.3, 0.4) is 0 Å². The molecule has 0 aromatic rings. The van der Waals surface area contributed by atoms with Crippen LogP contribution in [-0.2, 0) is 14.3 Å². The van der Waals surface area contributed by atoms with E-state index in [-0.39, 0.29) is 46.5 Å². The normalized spacial score (nSPS) is 45.8. The van der Waals surface area contributed by atoms with Crippen LogP contribution in [0, 0.1) is 23.7 Å². The first-order valence-electron chi connectivity index (χ1n) is 5.88. The third-order valence-electron chi connectivity index (χ3n) is 4.25. The standard InChI is InChI=1S/C12H14BrNO3/c1-2-3-14-11(15)7-5-4-6-8(7)12(16)17-10(6)9(5)13/h2,5-10H,1,3-4H2,(H,14,15)/t5-,6-,7-,8+,9-,10+/m1/s1. The topological polar surface area (TPSA) is 55.4 Å². The van der Waals surface area contributed by atoms with E-state index in [0.717, 1.165) is 6.42 Å². The van der Waals surface area contributed by atoms with Crippen LogP contribution >= 0.6 is 15.9 Å². The predicted molar refractivity (Wildman–Crippen MR) is 64.4 cm³/mol. The van der Waals surface area contributed by atoms with Crippen molar-refractivity contribution in [2.45, 2.75) is 17.4 Å². The lowest BCUT2D eigenvalue weighted by Gasteiger charge is -2.27. The van der Waals surface area contributed by atoms with Gasteiger partial charge in [-0.1, -0.05) is 22.0 Å². The first-order valence-corrected chi connectivity index (χ1v) is 6.80. The van der Waals surface area contributed by atoms with Crippen LogP contribution in [-0.4, -0.2) is 29.4 Å². The molecule has 2 bridgehead atoms. The van der Waals surface area contributed by atoms with E-state index in [1.54, 1.807) is 6.08 Å². The number of nitrogens with one attached hydrogen (secondary N) is 1. The molecule has 1 N–H and O–H groups in total. The summed E-state index contributed by atoms with van der Waals surface area (Å²) in [5.41, 5.74) is 0. The summed E-state index contributed by atoms with van der Waals surface area (Å²) >= 11 is 3.58. The number of esters is 1. The van der Waals surface area contributed by atoms with E-state index in [1.807, 2.05) is 0 Å². The molecule has 3 fully saturated rings. The van der Waals surface area contributed by atoms with E-state index in [9.17, 15) is 9.59 Å². The Morgan fingerprint density at radius 2 is 2.35 bits per heavy atom. The Balaban J connectivity index is 1.84. The summed E-state index contributed by atoms with van der Waals surface area (Å²) in [5, 5.41) is 2.80. The van der Waals surface area contributed by atoms with E-state index in [1.165, 1.54) is 0 Å². The van der Waals surface area contributed by atoms with Crippen molar-refractivity contribution < 1.29 is 14.3 Å². The molecule has 2 saturated carbocycles. The molecule has 1 amide bonds. The number of rotatable bonds is 3. The lowest BCUT2D eigenvalue weighted by molar-refractivity contribution is -0.145. The fourth-order valence-corrected chi connectivity index (χ4v) is 4.67. The van der Waals surface area contributed by atoms with Crippen molar-refractivity contribution in [3.8, 4) is 0 Å². The lowest BCUT2D eigenvalue weighted by atomic mass is 9.79. The number of ether oxygens (including phenoxy) is 1. The Morgan fingerprint density at radius 1 is 1.59 bits per heavy atom. The van der Waals surface area contributed by atoms with Crippen molar-refractivity contribution in [1.29, 1.82) is 0 Å². The third-order valence-corrected chi connectivity index (χ3v) is 5.45. The second kappa shape index (κ2) is 3.83. The molecule has 0 unspecified atom stereocenters. The molecule has 5 heteroatoms. The van der Waals surface area contributed by atoms with Crippen LogP contribution < -0.4 is 5.32 Å². The molecule has 6 atom stereocenters. The molecule has 3 rings (SSSR count). The summed E-state index contributed by atoms with van der Waals surface area (Å²) in [5.74, 6) is -0.214. The Bertz CT molecular complexity index is 397. The van der Waals surface area contributed by atoms with Gasteiger partial charge in [0.2, 0.25) is 5.91 Å². The maximum absolute atomic E-state index is 12.1. The molecule has 1 aliphatic heterocycles. The Morgan fingerprint density at radius 3 is 3.06 bits per heavy atom. The second-order valence-corrected chi connectivity index (χ2v) is 6.05. The first kappa shape index (κ1) is 11.3. The zero-order valence-electron chi connectivity index (χ0n) is 9.27. The minimum Gasteiger partial charge on any atom is -0.461 e. The molecular formula is C12H14BrNO3. The zero-order chi connectivity index (χ0) is 12.2. The number of amides is 1. The average molecular weight is 300 g/mol. The average Bonchev–Trinajstić information content (AvgIpc) is 2.89. The Hall–Kier alpha value is -0.840. The van der Waals surface area contributed by atoms with Crippen molar-refractivity contribution in [2.24, 2.45) is 23.7 Å². The highest BCUT2D eigenvalue weighted by atomic mass is 79.9. The lowest BCUT2D eigenvalue weighted by Crippen LogP contribution is -2.43. The summed E-state index contributed by atoms with van der Waals surface area (Å²) in [6.07, 6.45) is 2.55. The highest BCUT2D eigenvalue weighted by molar-refractivity contribution is 9.09. The van der Waals surface area contributed by atoms with Crippen molar-refractivity contribution in [2.75, 3.05) is 6.54 Å². The minimum atomic E-state index is -0.226. The molecule has 2 aliphatic carbocycles. The van der Waals surface area contributed by atoms with E-state index in [2.05, 4.69) is 27.8 Å². The number of fused-ring (bicyclic) bond motifs is 1. The largest absolute Gasteiger partial charge is 0.461 e. The van der Waals surface area contributed by atoms with Gasteiger partial charge in [0.05, 0.1) is 16.7 Å². The number of halogens is 1. The third kappa shape index (κ3) is 1.41. The molecule has 3 aliphatic rings. The maximum atomic E-state index is 12.1. The quantitative estimate of drug-likeness (QED) is 0.478. The molecule has 0 spiro atoms. The van der Waals surface area contributed by atoms with Gasteiger partial charge < -0.3 is 10.1 Å². The number of carbonyl (C=O) groups excluding carboxylic acids is 2. The number of carbonyl (C=O) groups is 2. The van der Waals surface area contributed by atoms with Gasteiger partial charge in [-0.05, 0) is 12.3 Å². The van der Waals surface area contributed by atoms with Crippen LogP contribution in [0.4, 0.5) is 0 Å². The van der Waals surface area contributed by atoms with Crippen LogP contribution in [0.5, 0.6) is 0 Å². The van der Waals surface area contributed by atoms with Crippen LogP contribution in [0.25, 0.3) is 0 Å². The van der Waals surface area contributed by atoms with Gasteiger partial charge in [-0.15, -0.1) is 6.58 Å². The van der Waals surface area contributed by atoms with Gasteiger partial charge in [0.15, 0.2) is 0 Å². The monoisotopic (exact) mass is 299 g/mol. The second-order valence-electron chi connectivity index (χ2n) is 4.99. The summed E-state index contributed by atoms with van der Waals surface area (Å²) in [6, 6.07) is 0. The molecule has 17 heavy (non-hydrogen) atoms. The highest BCUT2D eigenvalue weighted by Gasteiger charge is 2.67. The molecule has 0 aromatic carbocycles.